The number of likely N-dealkylation sites (tertiary alicyclic amines) is 1. The highest BCUT2D eigenvalue weighted by molar-refractivity contribution is 5.85. The van der Waals surface area contributed by atoms with Crippen molar-refractivity contribution in [2.45, 2.75) is 25.8 Å². The third-order valence-corrected chi connectivity index (χ3v) is 3.02. The molecule has 1 saturated heterocycles. The largest absolute Gasteiger partial charge is 0.284 e. The van der Waals surface area contributed by atoms with E-state index in [1.54, 1.807) is 0 Å². The SMILES string of the molecule is Cc1ccc(C(C#N)N2CCCC2)cc1.Cl. The van der Waals surface area contributed by atoms with Crippen LogP contribution in [0.2, 0.25) is 0 Å². The molecule has 1 aliphatic rings. The molecule has 0 bridgehead atoms. The summed E-state index contributed by atoms with van der Waals surface area (Å²) in [5.74, 6) is 0. The molecular weight excluding hydrogens is 220 g/mol. The van der Waals surface area contributed by atoms with E-state index in [0.717, 1.165) is 18.7 Å². The maximum atomic E-state index is 9.22. The third-order valence-electron chi connectivity index (χ3n) is 3.02. The molecule has 1 unspecified atom stereocenters. The Morgan fingerprint density at radius 1 is 1.19 bits per heavy atom. The second-order valence-corrected chi connectivity index (χ2v) is 4.19. The molecule has 2 rings (SSSR count). The number of benzene rings is 1. The molecule has 1 heterocycles. The van der Waals surface area contributed by atoms with Gasteiger partial charge in [0, 0.05) is 0 Å². The van der Waals surface area contributed by atoms with Gasteiger partial charge in [-0.25, -0.2) is 0 Å². The van der Waals surface area contributed by atoms with E-state index in [9.17, 15) is 5.26 Å². The van der Waals surface area contributed by atoms with Gasteiger partial charge < -0.3 is 0 Å². The van der Waals surface area contributed by atoms with Gasteiger partial charge in [0.05, 0.1) is 6.07 Å². The Morgan fingerprint density at radius 2 is 1.75 bits per heavy atom. The maximum absolute atomic E-state index is 9.22. The lowest BCUT2D eigenvalue weighted by Gasteiger charge is -2.21. The molecule has 1 atom stereocenters. The maximum Gasteiger partial charge on any atom is 0.123 e. The first-order valence-electron chi connectivity index (χ1n) is 5.51. The van der Waals surface area contributed by atoms with Gasteiger partial charge in [-0.1, -0.05) is 29.8 Å². The second kappa shape index (κ2) is 5.89. The Hall–Kier alpha value is -1.04. The lowest BCUT2D eigenvalue weighted by Crippen LogP contribution is -2.24. The predicted molar refractivity (Wildman–Crippen MR) is 67.6 cm³/mol. The zero-order chi connectivity index (χ0) is 10.7. The minimum Gasteiger partial charge on any atom is -0.284 e. The van der Waals surface area contributed by atoms with Crippen LogP contribution in [0.3, 0.4) is 0 Å². The predicted octanol–water partition coefficient (Wildman–Crippen LogP) is 3.08. The van der Waals surface area contributed by atoms with Crippen molar-refractivity contribution in [3.8, 4) is 6.07 Å². The van der Waals surface area contributed by atoms with E-state index in [2.05, 4.69) is 42.2 Å². The van der Waals surface area contributed by atoms with Crippen LogP contribution in [0, 0.1) is 18.3 Å². The summed E-state index contributed by atoms with van der Waals surface area (Å²) >= 11 is 0. The first kappa shape index (κ1) is 13.0. The van der Waals surface area contributed by atoms with Gasteiger partial charge >= 0.3 is 0 Å². The van der Waals surface area contributed by atoms with E-state index in [0.29, 0.717) is 0 Å². The minimum atomic E-state index is -0.0481. The monoisotopic (exact) mass is 236 g/mol. The third kappa shape index (κ3) is 2.75. The summed E-state index contributed by atoms with van der Waals surface area (Å²) < 4.78 is 0. The molecular formula is C13H17ClN2. The number of nitrogens with zero attached hydrogens (tertiary/aromatic N) is 2. The molecule has 1 aliphatic heterocycles. The molecule has 1 aromatic rings. The van der Waals surface area contributed by atoms with Crippen molar-refractivity contribution in [2.24, 2.45) is 0 Å². The number of hydrogen-bond donors (Lipinski definition) is 0. The van der Waals surface area contributed by atoms with Crippen molar-refractivity contribution < 1.29 is 0 Å². The topological polar surface area (TPSA) is 27.0 Å². The highest BCUT2D eigenvalue weighted by Gasteiger charge is 2.22. The molecule has 0 radical (unpaired) electrons. The van der Waals surface area contributed by atoms with Crippen molar-refractivity contribution >= 4 is 12.4 Å². The number of aryl methyl sites for hydroxylation is 1. The van der Waals surface area contributed by atoms with Gasteiger partial charge in [0.15, 0.2) is 0 Å². The molecule has 0 N–H and O–H groups in total. The first-order valence-corrected chi connectivity index (χ1v) is 5.51. The average Bonchev–Trinajstić information content (AvgIpc) is 2.75. The summed E-state index contributed by atoms with van der Waals surface area (Å²) in [6, 6.07) is 10.7. The first-order chi connectivity index (χ1) is 7.31. The van der Waals surface area contributed by atoms with E-state index < -0.39 is 0 Å². The smallest absolute Gasteiger partial charge is 0.123 e. The fraction of sp³-hybridized carbons (Fsp3) is 0.462. The Kier molecular flexibility index (Phi) is 4.79. The fourth-order valence-electron chi connectivity index (χ4n) is 2.12. The van der Waals surface area contributed by atoms with Crippen LogP contribution < -0.4 is 0 Å². The quantitative estimate of drug-likeness (QED) is 0.789. The van der Waals surface area contributed by atoms with Gasteiger partial charge in [0.25, 0.3) is 0 Å². The minimum absolute atomic E-state index is 0. The molecule has 1 aromatic carbocycles. The van der Waals surface area contributed by atoms with Crippen LogP contribution in [0.5, 0.6) is 0 Å². The van der Waals surface area contributed by atoms with Crippen molar-refractivity contribution in [1.82, 2.24) is 4.90 Å². The highest BCUT2D eigenvalue weighted by atomic mass is 35.5. The van der Waals surface area contributed by atoms with Crippen LogP contribution in [0.15, 0.2) is 24.3 Å². The molecule has 0 aliphatic carbocycles. The van der Waals surface area contributed by atoms with Crippen molar-refractivity contribution in [3.63, 3.8) is 0 Å². The van der Waals surface area contributed by atoms with E-state index in [4.69, 9.17) is 0 Å². The van der Waals surface area contributed by atoms with E-state index in [1.165, 1.54) is 18.4 Å². The molecule has 0 spiro atoms. The molecule has 2 nitrogen and oxygen atoms in total. The van der Waals surface area contributed by atoms with Crippen LogP contribution in [0.4, 0.5) is 0 Å². The van der Waals surface area contributed by atoms with Gasteiger partial charge in [-0.2, -0.15) is 5.26 Å². The fourth-order valence-corrected chi connectivity index (χ4v) is 2.12. The Bertz CT molecular complexity index is 361. The van der Waals surface area contributed by atoms with Crippen LogP contribution in [0.1, 0.15) is 30.0 Å². The van der Waals surface area contributed by atoms with Gasteiger partial charge in [-0.05, 0) is 38.4 Å². The number of nitriles is 1. The summed E-state index contributed by atoms with van der Waals surface area (Å²) in [5.41, 5.74) is 2.38. The van der Waals surface area contributed by atoms with Crippen molar-refractivity contribution in [1.29, 1.82) is 5.26 Å². The van der Waals surface area contributed by atoms with Gasteiger partial charge in [0.2, 0.25) is 0 Å². The van der Waals surface area contributed by atoms with Crippen LogP contribution in [-0.4, -0.2) is 18.0 Å². The number of rotatable bonds is 2. The summed E-state index contributed by atoms with van der Waals surface area (Å²) in [4.78, 5) is 2.27. The zero-order valence-electron chi connectivity index (χ0n) is 9.52. The van der Waals surface area contributed by atoms with Crippen molar-refractivity contribution in [3.05, 3.63) is 35.4 Å². The molecule has 3 heteroatoms. The summed E-state index contributed by atoms with van der Waals surface area (Å²) in [6.07, 6.45) is 2.45. The summed E-state index contributed by atoms with van der Waals surface area (Å²) in [5, 5.41) is 9.22. The molecule has 0 aromatic heterocycles. The second-order valence-electron chi connectivity index (χ2n) is 4.19. The number of halogens is 1. The van der Waals surface area contributed by atoms with Crippen LogP contribution in [-0.2, 0) is 0 Å². The van der Waals surface area contributed by atoms with E-state index in [1.807, 2.05) is 0 Å². The molecule has 1 fully saturated rings. The van der Waals surface area contributed by atoms with Gasteiger partial charge in [-0.3, -0.25) is 4.90 Å². The lowest BCUT2D eigenvalue weighted by atomic mass is 10.1. The van der Waals surface area contributed by atoms with Gasteiger partial charge in [-0.15, -0.1) is 12.4 Å². The van der Waals surface area contributed by atoms with Crippen molar-refractivity contribution in [2.75, 3.05) is 13.1 Å². The van der Waals surface area contributed by atoms with E-state index >= 15 is 0 Å². The Morgan fingerprint density at radius 3 is 2.25 bits per heavy atom. The average molecular weight is 237 g/mol. The Balaban J connectivity index is 0.00000128. The van der Waals surface area contributed by atoms with Crippen LogP contribution in [0.25, 0.3) is 0 Å². The molecule has 16 heavy (non-hydrogen) atoms. The van der Waals surface area contributed by atoms with E-state index in [-0.39, 0.29) is 18.4 Å². The normalized spacial score (nSPS) is 17.5. The Labute approximate surface area is 103 Å². The molecule has 0 saturated carbocycles. The summed E-state index contributed by atoms with van der Waals surface area (Å²) in [7, 11) is 0. The van der Waals surface area contributed by atoms with Gasteiger partial charge in [0.1, 0.15) is 6.04 Å². The zero-order valence-corrected chi connectivity index (χ0v) is 10.3. The highest BCUT2D eigenvalue weighted by Crippen LogP contribution is 2.24. The molecule has 0 amide bonds. The standard InChI is InChI=1S/C13H16N2.ClH/c1-11-4-6-12(7-5-11)13(10-14)15-8-2-3-9-15;/h4-7,13H,2-3,8-9H2,1H3;1H. The summed E-state index contributed by atoms with van der Waals surface area (Å²) in [6.45, 7) is 4.19. The lowest BCUT2D eigenvalue weighted by molar-refractivity contribution is 0.294. The number of hydrogen-bond acceptors (Lipinski definition) is 2. The van der Waals surface area contributed by atoms with Crippen LogP contribution >= 0.6 is 12.4 Å². The molecule has 86 valence electrons.